The van der Waals surface area contributed by atoms with Crippen molar-refractivity contribution in [3.8, 4) is 11.3 Å². The number of ether oxygens (including phenoxy) is 1. The Hall–Kier alpha value is -2.97. The number of aliphatic hydroxyl groups is 1. The smallest absolute Gasteiger partial charge is 0.255 e. The maximum Gasteiger partial charge on any atom is 0.255 e. The molecule has 1 aromatic heterocycles. The molecule has 0 aliphatic carbocycles. The molecule has 0 bridgehead atoms. The Kier molecular flexibility index (Phi) is 8.38. The Morgan fingerprint density at radius 3 is 2.54 bits per heavy atom. The van der Waals surface area contributed by atoms with Gasteiger partial charge >= 0.3 is 0 Å². The number of rotatable bonds is 10. The van der Waals surface area contributed by atoms with Crippen LogP contribution < -0.4 is 16.0 Å². The summed E-state index contributed by atoms with van der Waals surface area (Å²) in [6.07, 6.45) is 0. The van der Waals surface area contributed by atoms with Crippen molar-refractivity contribution in [2.75, 3.05) is 38.7 Å². The fraction of sp³-hybridized carbons (Fsp3) is 0.350. The topological polar surface area (TPSA) is 113 Å². The number of pyridine rings is 1. The molecular weight excluding hydrogens is 360 g/mol. The van der Waals surface area contributed by atoms with Gasteiger partial charge in [-0.3, -0.25) is 9.59 Å². The van der Waals surface area contributed by atoms with Gasteiger partial charge in [-0.25, -0.2) is 4.98 Å². The lowest BCUT2D eigenvalue weighted by Gasteiger charge is -2.14. The van der Waals surface area contributed by atoms with Gasteiger partial charge < -0.3 is 25.8 Å². The molecule has 2 rings (SSSR count). The molecule has 150 valence electrons. The van der Waals surface area contributed by atoms with Crippen molar-refractivity contribution in [3.05, 3.63) is 47.5 Å². The average Bonchev–Trinajstić information content (AvgIpc) is 2.71. The summed E-state index contributed by atoms with van der Waals surface area (Å²) in [4.78, 5) is 28.0. The minimum absolute atomic E-state index is 0.102. The summed E-state index contributed by atoms with van der Waals surface area (Å²) in [5.41, 5.74) is 2.60. The molecule has 0 aliphatic rings. The Morgan fingerprint density at radius 1 is 1.07 bits per heavy atom. The van der Waals surface area contributed by atoms with E-state index < -0.39 is 0 Å². The van der Waals surface area contributed by atoms with Gasteiger partial charge in [-0.2, -0.15) is 0 Å². The van der Waals surface area contributed by atoms with E-state index in [-0.39, 0.29) is 18.4 Å². The van der Waals surface area contributed by atoms with E-state index in [0.717, 1.165) is 11.1 Å². The van der Waals surface area contributed by atoms with Crippen LogP contribution in [0.2, 0.25) is 0 Å². The fourth-order valence-corrected chi connectivity index (χ4v) is 2.62. The molecule has 0 atom stereocenters. The first kappa shape index (κ1) is 21.3. The van der Waals surface area contributed by atoms with Gasteiger partial charge in [-0.1, -0.05) is 24.3 Å². The van der Waals surface area contributed by atoms with Crippen molar-refractivity contribution in [3.63, 3.8) is 0 Å². The lowest BCUT2D eigenvalue weighted by molar-refractivity contribution is -0.118. The maximum absolute atomic E-state index is 12.5. The molecule has 0 saturated heterocycles. The van der Waals surface area contributed by atoms with Gasteiger partial charge in [0.15, 0.2) is 0 Å². The lowest BCUT2D eigenvalue weighted by Crippen LogP contribution is -2.34. The number of hydrogen-bond donors (Lipinski definition) is 4. The van der Waals surface area contributed by atoms with Crippen LogP contribution in [0.5, 0.6) is 0 Å². The molecule has 4 N–H and O–H groups in total. The quantitative estimate of drug-likeness (QED) is 0.456. The first-order valence-electron chi connectivity index (χ1n) is 9.02. The summed E-state index contributed by atoms with van der Waals surface area (Å²) < 4.78 is 5.05. The number of anilines is 1. The molecule has 2 amide bonds. The molecule has 1 aromatic carbocycles. The van der Waals surface area contributed by atoms with Gasteiger partial charge in [0.2, 0.25) is 5.91 Å². The minimum Gasteiger partial charge on any atom is -0.392 e. The summed E-state index contributed by atoms with van der Waals surface area (Å²) in [6, 6.07) is 10.9. The van der Waals surface area contributed by atoms with Gasteiger partial charge in [0.25, 0.3) is 5.91 Å². The number of aliphatic hydroxyl groups excluding tert-OH is 1. The second-order valence-corrected chi connectivity index (χ2v) is 6.07. The van der Waals surface area contributed by atoms with E-state index in [0.29, 0.717) is 43.3 Å². The number of carbonyl (C=O) groups is 2. The van der Waals surface area contributed by atoms with Crippen molar-refractivity contribution < 1.29 is 19.4 Å². The zero-order valence-electron chi connectivity index (χ0n) is 16.1. The van der Waals surface area contributed by atoms with E-state index >= 15 is 0 Å². The van der Waals surface area contributed by atoms with Gasteiger partial charge in [-0.15, -0.1) is 0 Å². The SMILES string of the molecule is COCCNc1nc(-c2ccccc2CO)ccc1C(=O)NCCNC(C)=O. The van der Waals surface area contributed by atoms with Crippen LogP contribution in [0.1, 0.15) is 22.8 Å². The third-order valence-electron chi connectivity index (χ3n) is 3.99. The summed E-state index contributed by atoms with van der Waals surface area (Å²) in [5, 5.41) is 18.1. The van der Waals surface area contributed by atoms with Gasteiger partial charge in [0, 0.05) is 39.2 Å². The lowest BCUT2D eigenvalue weighted by atomic mass is 10.0. The van der Waals surface area contributed by atoms with Crippen LogP contribution in [0.25, 0.3) is 11.3 Å². The number of benzene rings is 1. The normalized spacial score (nSPS) is 10.4. The number of hydrogen-bond acceptors (Lipinski definition) is 6. The monoisotopic (exact) mass is 386 g/mol. The Bertz CT molecular complexity index is 811. The summed E-state index contributed by atoms with van der Waals surface area (Å²) >= 11 is 0. The number of carbonyl (C=O) groups excluding carboxylic acids is 2. The Labute approximate surface area is 164 Å². The van der Waals surface area contributed by atoms with E-state index in [4.69, 9.17) is 4.74 Å². The van der Waals surface area contributed by atoms with Crippen molar-refractivity contribution in [2.45, 2.75) is 13.5 Å². The van der Waals surface area contributed by atoms with E-state index in [9.17, 15) is 14.7 Å². The first-order chi connectivity index (χ1) is 13.6. The number of amides is 2. The van der Waals surface area contributed by atoms with Gasteiger partial charge in [0.1, 0.15) is 5.82 Å². The zero-order chi connectivity index (χ0) is 20.4. The molecule has 8 nitrogen and oxygen atoms in total. The highest BCUT2D eigenvalue weighted by molar-refractivity contribution is 5.99. The van der Waals surface area contributed by atoms with Crippen LogP contribution in [0.4, 0.5) is 5.82 Å². The highest BCUT2D eigenvalue weighted by Crippen LogP contribution is 2.25. The first-order valence-corrected chi connectivity index (χ1v) is 9.02. The van der Waals surface area contributed by atoms with E-state index in [2.05, 4.69) is 20.9 Å². The van der Waals surface area contributed by atoms with E-state index in [1.807, 2.05) is 24.3 Å². The van der Waals surface area contributed by atoms with Crippen molar-refractivity contribution in [2.24, 2.45) is 0 Å². The Morgan fingerprint density at radius 2 is 1.82 bits per heavy atom. The number of methoxy groups -OCH3 is 1. The van der Waals surface area contributed by atoms with Crippen LogP contribution in [-0.2, 0) is 16.1 Å². The molecule has 0 fully saturated rings. The number of nitrogens with one attached hydrogen (secondary N) is 3. The molecular formula is C20H26N4O4. The van der Waals surface area contributed by atoms with Crippen molar-refractivity contribution in [1.29, 1.82) is 0 Å². The largest absolute Gasteiger partial charge is 0.392 e. The predicted molar refractivity (Wildman–Crippen MR) is 107 cm³/mol. The van der Waals surface area contributed by atoms with Gasteiger partial charge in [0.05, 0.1) is 24.5 Å². The van der Waals surface area contributed by atoms with Crippen LogP contribution in [0, 0.1) is 0 Å². The molecule has 2 aromatic rings. The minimum atomic E-state index is -0.292. The average molecular weight is 386 g/mol. The van der Waals surface area contributed by atoms with Crippen LogP contribution >= 0.6 is 0 Å². The molecule has 1 heterocycles. The second kappa shape index (κ2) is 11.0. The van der Waals surface area contributed by atoms with E-state index in [1.54, 1.807) is 19.2 Å². The molecule has 0 saturated carbocycles. The molecule has 8 heteroatoms. The Balaban J connectivity index is 2.24. The standard InChI is InChI=1S/C20H26N4O4/c1-14(26)21-9-10-23-20(27)17-7-8-18(24-19(17)22-11-12-28-2)16-6-4-3-5-15(16)13-25/h3-8,25H,9-13H2,1-2H3,(H,21,26)(H,22,24)(H,23,27). The third-order valence-corrected chi connectivity index (χ3v) is 3.99. The summed E-state index contributed by atoms with van der Waals surface area (Å²) in [5.74, 6) is -0.0104. The van der Waals surface area contributed by atoms with Crippen LogP contribution in [-0.4, -0.2) is 55.3 Å². The molecule has 0 unspecified atom stereocenters. The van der Waals surface area contributed by atoms with Gasteiger partial charge in [-0.05, 0) is 17.7 Å². The molecule has 0 spiro atoms. The predicted octanol–water partition coefficient (Wildman–Crippen LogP) is 1.17. The molecule has 28 heavy (non-hydrogen) atoms. The maximum atomic E-state index is 12.5. The summed E-state index contributed by atoms with van der Waals surface area (Å²) in [7, 11) is 1.60. The van der Waals surface area contributed by atoms with Crippen LogP contribution in [0.15, 0.2) is 36.4 Å². The second-order valence-electron chi connectivity index (χ2n) is 6.07. The highest BCUT2D eigenvalue weighted by Gasteiger charge is 2.15. The fourth-order valence-electron chi connectivity index (χ4n) is 2.62. The summed E-state index contributed by atoms with van der Waals surface area (Å²) in [6.45, 7) is 2.93. The number of aromatic nitrogens is 1. The van der Waals surface area contributed by atoms with Crippen LogP contribution in [0.3, 0.4) is 0 Å². The molecule has 0 aliphatic heterocycles. The van der Waals surface area contributed by atoms with Crippen molar-refractivity contribution in [1.82, 2.24) is 15.6 Å². The highest BCUT2D eigenvalue weighted by atomic mass is 16.5. The third kappa shape index (κ3) is 6.04. The molecule has 0 radical (unpaired) electrons. The number of nitrogens with zero attached hydrogens (tertiary/aromatic N) is 1. The zero-order valence-corrected chi connectivity index (χ0v) is 16.1. The van der Waals surface area contributed by atoms with Crippen molar-refractivity contribution >= 4 is 17.6 Å². The van der Waals surface area contributed by atoms with E-state index in [1.165, 1.54) is 6.92 Å².